The first-order valence-corrected chi connectivity index (χ1v) is 11.4. The summed E-state index contributed by atoms with van der Waals surface area (Å²) in [6.45, 7) is 3.96. The van der Waals surface area contributed by atoms with Crippen molar-refractivity contribution in [2.75, 3.05) is 43.8 Å². The van der Waals surface area contributed by atoms with Crippen LogP contribution in [0, 0.1) is 6.92 Å². The Morgan fingerprint density at radius 1 is 1.15 bits per heavy atom. The zero-order chi connectivity index (χ0) is 19.4. The summed E-state index contributed by atoms with van der Waals surface area (Å²) in [5.74, 6) is 1.44. The average Bonchev–Trinajstić information content (AvgIpc) is 2.65. The van der Waals surface area contributed by atoms with Crippen molar-refractivity contribution in [3.05, 3.63) is 48.0 Å². The molecule has 5 nitrogen and oxygen atoms in total. The summed E-state index contributed by atoms with van der Waals surface area (Å²) in [7, 11) is 0.476. The van der Waals surface area contributed by atoms with Crippen molar-refractivity contribution >= 4 is 27.5 Å². The number of anilines is 1. The molecule has 2 aromatic carbocycles. The molecule has 2 aromatic rings. The van der Waals surface area contributed by atoms with Crippen LogP contribution in [0.25, 0.3) is 0 Å². The van der Waals surface area contributed by atoms with Gasteiger partial charge in [0.2, 0.25) is 0 Å². The lowest BCUT2D eigenvalue weighted by atomic mass is 10.2. The Kier molecular flexibility index (Phi) is 6.34. The quantitative estimate of drug-likeness (QED) is 0.657. The van der Waals surface area contributed by atoms with Gasteiger partial charge >= 0.3 is 0 Å². The molecule has 0 fully saturated rings. The lowest BCUT2D eigenvalue weighted by molar-refractivity contribution is 0.281. The smallest absolute Gasteiger partial charge is 0.264 e. The third kappa shape index (κ3) is 4.78. The minimum atomic E-state index is -3.59. The molecule has 7 heteroatoms. The fourth-order valence-corrected chi connectivity index (χ4v) is 5.55. The molecule has 0 atom stereocenters. The van der Waals surface area contributed by atoms with Crippen LogP contribution < -0.4 is 9.04 Å². The molecular weight excluding hydrogens is 380 g/mol. The summed E-state index contributed by atoms with van der Waals surface area (Å²) in [5, 5.41) is 0. The zero-order valence-corrected chi connectivity index (χ0v) is 17.6. The van der Waals surface area contributed by atoms with Gasteiger partial charge in [-0.2, -0.15) is 0 Å². The van der Waals surface area contributed by atoms with E-state index in [2.05, 4.69) is 4.90 Å². The first-order chi connectivity index (χ1) is 12.9. The van der Waals surface area contributed by atoms with Gasteiger partial charge in [0.25, 0.3) is 10.0 Å². The predicted molar refractivity (Wildman–Crippen MR) is 112 cm³/mol. The lowest BCUT2D eigenvalue weighted by Gasteiger charge is -2.30. The minimum Gasteiger partial charge on any atom is -0.493 e. The fourth-order valence-electron chi connectivity index (χ4n) is 2.92. The Morgan fingerprint density at radius 3 is 2.59 bits per heavy atom. The van der Waals surface area contributed by atoms with Crippen LogP contribution in [-0.2, 0) is 10.0 Å². The van der Waals surface area contributed by atoms with Crippen LogP contribution in [0.4, 0.5) is 5.69 Å². The molecule has 0 amide bonds. The van der Waals surface area contributed by atoms with Gasteiger partial charge in [0.15, 0.2) is 0 Å². The van der Waals surface area contributed by atoms with Crippen molar-refractivity contribution in [2.45, 2.75) is 23.1 Å². The normalized spacial score (nSPS) is 14.3. The fraction of sp³-hybridized carbons (Fsp3) is 0.400. The first kappa shape index (κ1) is 20.0. The Morgan fingerprint density at radius 2 is 1.89 bits per heavy atom. The number of fused-ring (bicyclic) bond motifs is 1. The number of thioether (sulfide) groups is 1. The van der Waals surface area contributed by atoms with Crippen LogP contribution in [-0.4, -0.2) is 52.9 Å². The van der Waals surface area contributed by atoms with E-state index in [1.807, 2.05) is 51.4 Å². The summed E-state index contributed by atoms with van der Waals surface area (Å²) < 4.78 is 33.7. The van der Waals surface area contributed by atoms with E-state index in [9.17, 15) is 8.42 Å². The molecule has 1 aliphatic rings. The highest BCUT2D eigenvalue weighted by molar-refractivity contribution is 8.00. The maximum absolute atomic E-state index is 13.2. The van der Waals surface area contributed by atoms with Crippen LogP contribution in [0.5, 0.6) is 5.75 Å². The highest BCUT2D eigenvalue weighted by atomic mass is 32.2. The molecule has 0 saturated carbocycles. The number of ether oxygens (including phenoxy) is 1. The largest absolute Gasteiger partial charge is 0.493 e. The number of sulfonamides is 1. The van der Waals surface area contributed by atoms with E-state index in [1.165, 1.54) is 4.31 Å². The summed E-state index contributed by atoms with van der Waals surface area (Å²) >= 11 is 1.68. The van der Waals surface area contributed by atoms with E-state index in [1.54, 1.807) is 23.9 Å². The van der Waals surface area contributed by atoms with E-state index in [0.29, 0.717) is 29.5 Å². The van der Waals surface area contributed by atoms with Gasteiger partial charge in [0.05, 0.1) is 17.2 Å². The zero-order valence-electron chi connectivity index (χ0n) is 16.0. The highest BCUT2D eigenvalue weighted by Gasteiger charge is 2.29. The molecule has 0 aromatic heterocycles. The summed E-state index contributed by atoms with van der Waals surface area (Å²) in [5.41, 5.74) is 1.74. The number of nitrogens with zero attached hydrogens (tertiary/aromatic N) is 2. The summed E-state index contributed by atoms with van der Waals surface area (Å²) in [4.78, 5) is 3.41. The number of aryl methyl sites for hydroxylation is 1. The lowest BCUT2D eigenvalue weighted by Crippen LogP contribution is -2.35. The van der Waals surface area contributed by atoms with E-state index >= 15 is 0 Å². The van der Waals surface area contributed by atoms with Crippen LogP contribution in [0.2, 0.25) is 0 Å². The number of rotatable bonds is 7. The molecule has 0 N–H and O–H groups in total. The van der Waals surface area contributed by atoms with Gasteiger partial charge in [-0.15, -0.1) is 11.8 Å². The Bertz CT molecular complexity index is 881. The molecule has 0 unspecified atom stereocenters. The minimum absolute atomic E-state index is 0.322. The monoisotopic (exact) mass is 406 g/mol. The third-order valence-corrected chi connectivity index (χ3v) is 7.25. The Balaban J connectivity index is 1.84. The van der Waals surface area contributed by atoms with Gasteiger partial charge in [-0.3, -0.25) is 4.31 Å². The van der Waals surface area contributed by atoms with E-state index in [0.717, 1.165) is 29.2 Å². The van der Waals surface area contributed by atoms with Gasteiger partial charge in [-0.1, -0.05) is 17.7 Å². The van der Waals surface area contributed by atoms with E-state index in [4.69, 9.17) is 4.74 Å². The van der Waals surface area contributed by atoms with Crippen molar-refractivity contribution in [2.24, 2.45) is 0 Å². The Hall–Kier alpha value is -1.70. The molecule has 3 rings (SSSR count). The van der Waals surface area contributed by atoms with Crippen LogP contribution in [0.15, 0.2) is 52.3 Å². The van der Waals surface area contributed by atoms with Gasteiger partial charge in [0.1, 0.15) is 5.75 Å². The first-order valence-electron chi connectivity index (χ1n) is 9.02. The van der Waals surface area contributed by atoms with Crippen molar-refractivity contribution in [3.8, 4) is 5.75 Å². The molecule has 146 valence electrons. The van der Waals surface area contributed by atoms with Crippen molar-refractivity contribution in [1.29, 1.82) is 0 Å². The second kappa shape index (κ2) is 8.54. The third-order valence-electron chi connectivity index (χ3n) is 4.38. The maximum atomic E-state index is 13.2. The molecule has 1 heterocycles. The molecule has 0 saturated heterocycles. The van der Waals surface area contributed by atoms with Crippen LogP contribution in [0.1, 0.15) is 12.0 Å². The average molecular weight is 407 g/mol. The molecule has 0 spiro atoms. The standard InChI is InChI=1S/C20H26N2O3S2/c1-16-5-8-18(9-6-16)27(23,24)22-12-14-26-20-10-7-17(15-19(20)22)25-13-4-11-21(2)3/h5-10,15H,4,11-14H2,1-3H3. The number of benzene rings is 2. The second-order valence-corrected chi connectivity index (χ2v) is 9.87. The number of hydrogen-bond donors (Lipinski definition) is 0. The predicted octanol–water partition coefficient (Wildman–Crippen LogP) is 3.63. The molecule has 0 radical (unpaired) electrons. The molecule has 0 bridgehead atoms. The van der Waals surface area contributed by atoms with E-state index < -0.39 is 10.0 Å². The number of hydrogen-bond acceptors (Lipinski definition) is 5. The van der Waals surface area contributed by atoms with Crippen molar-refractivity contribution in [1.82, 2.24) is 4.90 Å². The summed E-state index contributed by atoms with van der Waals surface area (Å²) in [6.07, 6.45) is 0.921. The van der Waals surface area contributed by atoms with Gasteiger partial charge in [0, 0.05) is 29.8 Å². The SMILES string of the molecule is Cc1ccc(S(=O)(=O)N2CCSc3ccc(OCCCN(C)C)cc32)cc1. The molecule has 0 aliphatic carbocycles. The van der Waals surface area contributed by atoms with Gasteiger partial charge in [-0.05, 0) is 51.7 Å². The van der Waals surface area contributed by atoms with Crippen LogP contribution >= 0.6 is 11.8 Å². The topological polar surface area (TPSA) is 49.9 Å². The second-order valence-electron chi connectivity index (χ2n) is 6.87. The highest BCUT2D eigenvalue weighted by Crippen LogP contribution is 2.40. The van der Waals surface area contributed by atoms with Crippen molar-refractivity contribution < 1.29 is 13.2 Å². The van der Waals surface area contributed by atoms with Gasteiger partial charge < -0.3 is 9.64 Å². The molecule has 27 heavy (non-hydrogen) atoms. The maximum Gasteiger partial charge on any atom is 0.264 e. The summed E-state index contributed by atoms with van der Waals surface area (Å²) in [6, 6.07) is 12.7. The molecular formula is C20H26N2O3S2. The molecule has 1 aliphatic heterocycles. The van der Waals surface area contributed by atoms with E-state index in [-0.39, 0.29) is 0 Å². The van der Waals surface area contributed by atoms with Crippen molar-refractivity contribution in [3.63, 3.8) is 0 Å². The Labute approximate surface area is 166 Å². The van der Waals surface area contributed by atoms with Crippen LogP contribution in [0.3, 0.4) is 0 Å². The van der Waals surface area contributed by atoms with Gasteiger partial charge in [-0.25, -0.2) is 8.42 Å².